The molecular weight excluding hydrogens is 218 g/mol. The first-order valence-corrected chi connectivity index (χ1v) is 4.89. The lowest BCUT2D eigenvalue weighted by atomic mass is 10.1. The van der Waals surface area contributed by atoms with Gasteiger partial charge in [0, 0.05) is 11.9 Å². The molecule has 1 rings (SSSR count). The molecule has 1 atom stereocenters. The number of benzene rings is 1. The maximum atomic E-state index is 11.5. The summed E-state index contributed by atoms with van der Waals surface area (Å²) in [7, 11) is 0. The summed E-state index contributed by atoms with van der Waals surface area (Å²) >= 11 is 5.65. The van der Waals surface area contributed by atoms with Gasteiger partial charge in [-0.1, -0.05) is 6.07 Å². The van der Waals surface area contributed by atoms with Crippen LogP contribution in [0.15, 0.2) is 18.2 Å². The van der Waals surface area contributed by atoms with Gasteiger partial charge in [0.15, 0.2) is 11.5 Å². The molecule has 0 radical (unpaired) electrons. The van der Waals surface area contributed by atoms with Gasteiger partial charge in [-0.05, 0) is 19.1 Å². The maximum absolute atomic E-state index is 11.5. The Balaban J connectivity index is 2.78. The molecule has 3 N–H and O–H groups in total. The van der Waals surface area contributed by atoms with Gasteiger partial charge in [0.1, 0.15) is 0 Å². The van der Waals surface area contributed by atoms with E-state index in [1.54, 1.807) is 6.92 Å². The molecule has 0 fully saturated rings. The number of alkyl halides is 1. The zero-order valence-electron chi connectivity index (χ0n) is 8.20. The molecule has 0 aliphatic carbocycles. The van der Waals surface area contributed by atoms with E-state index < -0.39 is 11.7 Å². The lowest BCUT2D eigenvalue weighted by Crippen LogP contribution is -2.28. The summed E-state index contributed by atoms with van der Waals surface area (Å²) in [6.45, 7) is 2.04. The molecule has 0 bridgehead atoms. The van der Waals surface area contributed by atoms with Crippen LogP contribution in [0.1, 0.15) is 17.3 Å². The molecule has 0 saturated carbocycles. The van der Waals surface area contributed by atoms with Gasteiger partial charge >= 0.3 is 0 Å². The first-order valence-electron chi connectivity index (χ1n) is 4.45. The minimum Gasteiger partial charge on any atom is -0.504 e. The Morgan fingerprint density at radius 2 is 2.20 bits per heavy atom. The third kappa shape index (κ3) is 3.02. The monoisotopic (exact) mass is 229 g/mol. The van der Waals surface area contributed by atoms with Crippen molar-refractivity contribution in [1.29, 1.82) is 0 Å². The summed E-state index contributed by atoms with van der Waals surface area (Å²) in [6, 6.07) is 4.20. The molecule has 1 aromatic carbocycles. The first-order chi connectivity index (χ1) is 7.02. The Morgan fingerprint density at radius 1 is 1.53 bits per heavy atom. The number of aromatic hydroxyl groups is 2. The lowest BCUT2D eigenvalue weighted by Gasteiger charge is -2.08. The Hall–Kier alpha value is -1.42. The number of halogens is 1. The molecule has 0 heterocycles. The molecule has 4 nitrogen and oxygen atoms in total. The fourth-order valence-corrected chi connectivity index (χ4v) is 1.12. The van der Waals surface area contributed by atoms with Gasteiger partial charge in [-0.25, -0.2) is 0 Å². The highest BCUT2D eigenvalue weighted by molar-refractivity contribution is 6.20. The van der Waals surface area contributed by atoms with Crippen molar-refractivity contribution in [1.82, 2.24) is 5.32 Å². The predicted octanol–water partition coefficient (Wildman–Crippen LogP) is 1.45. The number of phenolic OH excluding ortho intramolecular Hbond substituents is 2. The normalized spacial score (nSPS) is 12.1. The molecule has 0 spiro atoms. The van der Waals surface area contributed by atoms with Crippen molar-refractivity contribution in [2.45, 2.75) is 12.3 Å². The Morgan fingerprint density at radius 3 is 2.80 bits per heavy atom. The summed E-state index contributed by atoms with van der Waals surface area (Å²) in [5, 5.41) is 20.9. The van der Waals surface area contributed by atoms with E-state index in [-0.39, 0.29) is 16.7 Å². The van der Waals surface area contributed by atoms with Gasteiger partial charge in [-0.3, -0.25) is 4.79 Å². The number of carbonyl (C=O) groups excluding carboxylic acids is 1. The van der Waals surface area contributed by atoms with Crippen LogP contribution in [0.5, 0.6) is 11.5 Å². The average Bonchev–Trinajstić information content (AvgIpc) is 2.18. The van der Waals surface area contributed by atoms with Gasteiger partial charge in [0.2, 0.25) is 0 Å². The smallest absolute Gasteiger partial charge is 0.255 e. The Bertz CT molecular complexity index is 366. The van der Waals surface area contributed by atoms with Gasteiger partial charge in [-0.15, -0.1) is 11.6 Å². The van der Waals surface area contributed by atoms with Crippen molar-refractivity contribution in [2.75, 3.05) is 6.54 Å². The van der Waals surface area contributed by atoms with Crippen molar-refractivity contribution in [3.8, 4) is 11.5 Å². The zero-order valence-corrected chi connectivity index (χ0v) is 8.95. The number of amides is 1. The average molecular weight is 230 g/mol. The molecular formula is C10H12ClNO3. The quantitative estimate of drug-likeness (QED) is 0.543. The molecule has 0 aliphatic rings. The summed E-state index contributed by atoms with van der Waals surface area (Å²) < 4.78 is 0. The van der Waals surface area contributed by atoms with Gasteiger partial charge in [0.05, 0.1) is 5.56 Å². The van der Waals surface area contributed by atoms with Crippen LogP contribution in [0, 0.1) is 0 Å². The number of rotatable bonds is 3. The summed E-state index contributed by atoms with van der Waals surface area (Å²) in [5.74, 6) is -1.20. The van der Waals surface area contributed by atoms with E-state index >= 15 is 0 Å². The molecule has 0 aromatic heterocycles. The van der Waals surface area contributed by atoms with Crippen molar-refractivity contribution in [3.63, 3.8) is 0 Å². The van der Waals surface area contributed by atoms with Crippen LogP contribution < -0.4 is 5.32 Å². The van der Waals surface area contributed by atoms with Crippen LogP contribution in [0.3, 0.4) is 0 Å². The molecule has 5 heteroatoms. The number of hydrogen-bond donors (Lipinski definition) is 3. The van der Waals surface area contributed by atoms with Crippen LogP contribution in [0.4, 0.5) is 0 Å². The third-order valence-corrected chi connectivity index (χ3v) is 1.96. The standard InChI is InChI=1S/C10H12ClNO3/c1-6(11)5-12-10(15)7-3-2-4-8(13)9(7)14/h2-4,6,13-14H,5H2,1H3,(H,12,15). The van der Waals surface area contributed by atoms with E-state index in [2.05, 4.69) is 5.32 Å². The van der Waals surface area contributed by atoms with Crippen molar-refractivity contribution >= 4 is 17.5 Å². The number of para-hydroxylation sites is 1. The second kappa shape index (κ2) is 4.89. The van der Waals surface area contributed by atoms with E-state index in [0.29, 0.717) is 6.54 Å². The zero-order chi connectivity index (χ0) is 11.4. The van der Waals surface area contributed by atoms with E-state index in [1.807, 2.05) is 0 Å². The van der Waals surface area contributed by atoms with E-state index in [0.717, 1.165) is 0 Å². The first kappa shape index (κ1) is 11.7. The molecule has 1 unspecified atom stereocenters. The third-order valence-electron chi connectivity index (χ3n) is 1.80. The number of nitrogens with one attached hydrogen (secondary N) is 1. The number of phenols is 2. The topological polar surface area (TPSA) is 69.6 Å². The lowest BCUT2D eigenvalue weighted by molar-refractivity contribution is 0.0950. The highest BCUT2D eigenvalue weighted by Crippen LogP contribution is 2.27. The second-order valence-electron chi connectivity index (χ2n) is 3.16. The second-order valence-corrected chi connectivity index (χ2v) is 3.91. The van der Waals surface area contributed by atoms with Gasteiger partial charge in [0.25, 0.3) is 5.91 Å². The molecule has 1 amide bonds. The predicted molar refractivity (Wildman–Crippen MR) is 57.4 cm³/mol. The minimum absolute atomic E-state index is 0.0346. The molecule has 82 valence electrons. The number of hydrogen-bond acceptors (Lipinski definition) is 3. The Labute approximate surface area is 92.5 Å². The molecule has 0 saturated heterocycles. The van der Waals surface area contributed by atoms with E-state index in [9.17, 15) is 15.0 Å². The molecule has 15 heavy (non-hydrogen) atoms. The van der Waals surface area contributed by atoms with Crippen LogP contribution in [-0.2, 0) is 0 Å². The van der Waals surface area contributed by atoms with Crippen molar-refractivity contribution in [3.05, 3.63) is 23.8 Å². The van der Waals surface area contributed by atoms with Crippen LogP contribution in [0.2, 0.25) is 0 Å². The largest absolute Gasteiger partial charge is 0.504 e. The van der Waals surface area contributed by atoms with Gasteiger partial charge in [-0.2, -0.15) is 0 Å². The maximum Gasteiger partial charge on any atom is 0.255 e. The van der Waals surface area contributed by atoms with E-state index in [4.69, 9.17) is 11.6 Å². The fourth-order valence-electron chi connectivity index (χ4n) is 1.04. The highest BCUT2D eigenvalue weighted by Gasteiger charge is 2.13. The summed E-state index contributed by atoms with van der Waals surface area (Å²) in [5.41, 5.74) is 0.0346. The van der Waals surface area contributed by atoms with E-state index in [1.165, 1.54) is 18.2 Å². The fraction of sp³-hybridized carbons (Fsp3) is 0.300. The molecule has 1 aromatic rings. The minimum atomic E-state index is -0.462. The van der Waals surface area contributed by atoms with Crippen LogP contribution in [-0.4, -0.2) is 28.0 Å². The highest BCUT2D eigenvalue weighted by atomic mass is 35.5. The molecule has 0 aliphatic heterocycles. The number of carbonyl (C=O) groups is 1. The van der Waals surface area contributed by atoms with Gasteiger partial charge < -0.3 is 15.5 Å². The summed E-state index contributed by atoms with van der Waals surface area (Å²) in [4.78, 5) is 11.5. The van der Waals surface area contributed by atoms with Crippen LogP contribution in [0.25, 0.3) is 0 Å². The van der Waals surface area contributed by atoms with Crippen molar-refractivity contribution < 1.29 is 15.0 Å². The Kier molecular flexibility index (Phi) is 3.80. The van der Waals surface area contributed by atoms with Crippen LogP contribution >= 0.6 is 11.6 Å². The van der Waals surface area contributed by atoms with Crippen molar-refractivity contribution in [2.24, 2.45) is 0 Å². The SMILES string of the molecule is CC(Cl)CNC(=O)c1cccc(O)c1O. The summed E-state index contributed by atoms with van der Waals surface area (Å²) in [6.07, 6.45) is 0.